The monoisotopic (exact) mass is 170 g/mol. The minimum atomic E-state index is -3.77. The third-order valence-electron chi connectivity index (χ3n) is 1.71. The number of benzene rings is 1. The van der Waals surface area contributed by atoms with Crippen LogP contribution in [0.25, 0.3) is 0 Å². The average Bonchev–Trinajstić information content (AvgIpc) is 1.85. The maximum absolute atomic E-state index is 8.91. The van der Waals surface area contributed by atoms with Crippen LogP contribution in [-0.2, 0) is 0 Å². The molecule has 11 heavy (non-hydrogen) atoms. The van der Waals surface area contributed by atoms with E-state index >= 15 is 0 Å². The summed E-state index contributed by atoms with van der Waals surface area (Å²) >= 11 is 0. The van der Waals surface area contributed by atoms with Gasteiger partial charge in [0.1, 0.15) is 0 Å². The fourth-order valence-electron chi connectivity index (χ4n) is 1.25. The molecule has 2 aliphatic carbocycles. The lowest BCUT2D eigenvalue weighted by Gasteiger charge is -2.22. The third kappa shape index (κ3) is 0.940. The lowest BCUT2D eigenvalue weighted by molar-refractivity contribution is 0.359. The van der Waals surface area contributed by atoms with E-state index in [2.05, 4.69) is 0 Å². The van der Waals surface area contributed by atoms with Crippen molar-refractivity contribution in [2.24, 2.45) is 0 Å². The van der Waals surface area contributed by atoms with Crippen molar-refractivity contribution in [1.82, 2.24) is 0 Å². The van der Waals surface area contributed by atoms with Gasteiger partial charge in [0, 0.05) is 0 Å². The van der Waals surface area contributed by atoms with Gasteiger partial charge >= 0.3 is 0 Å². The molecule has 0 aromatic heterocycles. The molecule has 3 rings (SSSR count). The first-order chi connectivity index (χ1) is 5.09. The first-order valence-corrected chi connectivity index (χ1v) is 4.79. The Hall–Kier alpha value is -0.600. The van der Waals surface area contributed by atoms with Gasteiger partial charge in [-0.05, 0) is 17.2 Å². The van der Waals surface area contributed by atoms with Crippen LogP contribution < -0.4 is 0 Å². The molecule has 3 N–H and O–H groups in total. The molecule has 2 aliphatic rings. The van der Waals surface area contributed by atoms with E-state index in [1.807, 2.05) is 6.07 Å². The van der Waals surface area contributed by atoms with Gasteiger partial charge in [-0.1, -0.05) is 18.2 Å². The summed E-state index contributed by atoms with van der Waals surface area (Å²) in [6.45, 7) is 0. The van der Waals surface area contributed by atoms with E-state index in [1.54, 1.807) is 18.2 Å². The SMILES string of the molecule is OP(O)(O)=C1c2cccc1c2. The van der Waals surface area contributed by atoms with Gasteiger partial charge < -0.3 is 14.7 Å². The van der Waals surface area contributed by atoms with Crippen molar-refractivity contribution < 1.29 is 14.7 Å². The predicted octanol–water partition coefficient (Wildman–Crippen LogP) is 0.308. The summed E-state index contributed by atoms with van der Waals surface area (Å²) in [5, 5.41) is 0.306. The molecule has 0 atom stereocenters. The molecule has 3 nitrogen and oxygen atoms in total. The summed E-state index contributed by atoms with van der Waals surface area (Å²) in [5.74, 6) is 0. The third-order valence-corrected chi connectivity index (χ3v) is 2.83. The zero-order valence-corrected chi connectivity index (χ0v) is 6.49. The Balaban J connectivity index is 2.69. The van der Waals surface area contributed by atoms with E-state index < -0.39 is 7.57 Å². The molecule has 0 fully saturated rings. The van der Waals surface area contributed by atoms with Crippen molar-refractivity contribution in [1.29, 1.82) is 0 Å². The van der Waals surface area contributed by atoms with Crippen LogP contribution in [-0.4, -0.2) is 20.0 Å². The molecule has 0 aliphatic heterocycles. The maximum Gasteiger partial charge on any atom is 0.258 e. The highest BCUT2D eigenvalue weighted by atomic mass is 31.2. The molecule has 0 saturated carbocycles. The molecule has 1 aromatic carbocycles. The molecule has 1 aromatic rings. The Labute approximate surface area is 63.8 Å². The van der Waals surface area contributed by atoms with Crippen LogP contribution in [0, 0.1) is 0 Å². The van der Waals surface area contributed by atoms with Gasteiger partial charge in [-0.25, -0.2) is 0 Å². The van der Waals surface area contributed by atoms with E-state index in [1.165, 1.54) is 0 Å². The molecular weight excluding hydrogens is 163 g/mol. The van der Waals surface area contributed by atoms with Gasteiger partial charge in [0.05, 0.1) is 5.29 Å². The summed E-state index contributed by atoms with van der Waals surface area (Å²) in [7, 11) is -3.77. The van der Waals surface area contributed by atoms with E-state index in [4.69, 9.17) is 14.7 Å². The predicted molar refractivity (Wildman–Crippen MR) is 43.2 cm³/mol. The van der Waals surface area contributed by atoms with Crippen molar-refractivity contribution in [2.45, 2.75) is 0 Å². The second-order valence-corrected chi connectivity index (χ2v) is 4.08. The summed E-state index contributed by atoms with van der Waals surface area (Å²) < 4.78 is 0. The van der Waals surface area contributed by atoms with Crippen molar-refractivity contribution in [3.63, 3.8) is 0 Å². The topological polar surface area (TPSA) is 60.7 Å². The van der Waals surface area contributed by atoms with Gasteiger partial charge in [0.15, 0.2) is 0 Å². The fraction of sp³-hybridized carbons (Fsp3) is 0. The van der Waals surface area contributed by atoms with Gasteiger partial charge in [-0.15, -0.1) is 0 Å². The van der Waals surface area contributed by atoms with E-state index in [0.717, 1.165) is 11.1 Å². The molecule has 0 radical (unpaired) electrons. The smallest absolute Gasteiger partial charge is 0.258 e. The molecule has 2 bridgehead atoms. The zero-order valence-electron chi connectivity index (χ0n) is 5.60. The first kappa shape index (κ1) is 7.07. The first-order valence-electron chi connectivity index (χ1n) is 3.14. The van der Waals surface area contributed by atoms with Crippen LogP contribution in [0.4, 0.5) is 0 Å². The largest absolute Gasteiger partial charge is 0.333 e. The fourth-order valence-corrected chi connectivity index (χ4v) is 2.22. The molecule has 0 unspecified atom stereocenters. The van der Waals surface area contributed by atoms with Crippen LogP contribution in [0.1, 0.15) is 11.1 Å². The van der Waals surface area contributed by atoms with E-state index in [9.17, 15) is 0 Å². The number of rotatable bonds is 0. The van der Waals surface area contributed by atoms with E-state index in [-0.39, 0.29) is 0 Å². The van der Waals surface area contributed by atoms with Crippen LogP contribution in [0.2, 0.25) is 0 Å². The summed E-state index contributed by atoms with van der Waals surface area (Å²) in [4.78, 5) is 26.7. The lowest BCUT2D eigenvalue weighted by Crippen LogP contribution is -2.15. The van der Waals surface area contributed by atoms with Gasteiger partial charge in [0.2, 0.25) is 0 Å². The molecular formula is C7H7O3P. The van der Waals surface area contributed by atoms with Crippen molar-refractivity contribution in [3.05, 3.63) is 35.4 Å². The van der Waals surface area contributed by atoms with Crippen molar-refractivity contribution >= 4 is 12.9 Å². The quantitative estimate of drug-likeness (QED) is 0.498. The highest BCUT2D eigenvalue weighted by Gasteiger charge is 2.25. The highest BCUT2D eigenvalue weighted by molar-refractivity contribution is 7.61. The van der Waals surface area contributed by atoms with Crippen LogP contribution in [0.3, 0.4) is 0 Å². The van der Waals surface area contributed by atoms with Gasteiger partial charge in [-0.3, -0.25) is 0 Å². The molecule has 58 valence electrons. The standard InChI is InChI=1S/C7H7O3P/c8-11(9,10)7-5-2-1-3-6(7)4-5/h1-4,8-10H. The van der Waals surface area contributed by atoms with Crippen LogP contribution in [0.5, 0.6) is 0 Å². The van der Waals surface area contributed by atoms with Crippen molar-refractivity contribution in [3.8, 4) is 0 Å². The zero-order chi connectivity index (χ0) is 8.06. The Bertz CT molecular complexity index is 327. The molecule has 0 spiro atoms. The minimum Gasteiger partial charge on any atom is -0.333 e. The van der Waals surface area contributed by atoms with Gasteiger partial charge in [-0.2, -0.15) is 0 Å². The second-order valence-electron chi connectivity index (χ2n) is 2.50. The molecule has 0 heterocycles. The number of hydrogen-bond donors (Lipinski definition) is 3. The molecule has 0 saturated heterocycles. The lowest BCUT2D eigenvalue weighted by atomic mass is 9.93. The Morgan fingerprint density at radius 3 is 1.82 bits per heavy atom. The second kappa shape index (κ2) is 1.96. The van der Waals surface area contributed by atoms with Gasteiger partial charge in [0.25, 0.3) is 7.57 Å². The summed E-state index contributed by atoms with van der Waals surface area (Å²) in [6, 6.07) is 7.08. The van der Waals surface area contributed by atoms with Crippen LogP contribution in [0.15, 0.2) is 24.3 Å². The minimum absolute atomic E-state index is 0.306. The maximum atomic E-state index is 8.91. The Morgan fingerprint density at radius 2 is 1.55 bits per heavy atom. The average molecular weight is 170 g/mol. The highest BCUT2D eigenvalue weighted by Crippen LogP contribution is 2.42. The summed E-state index contributed by atoms with van der Waals surface area (Å²) in [5.41, 5.74) is 1.45. The molecule has 0 amide bonds. The normalized spacial score (nSPS) is 14.6. The summed E-state index contributed by atoms with van der Waals surface area (Å²) in [6.07, 6.45) is 0. The molecule has 4 heteroatoms. The Kier molecular flexibility index (Phi) is 1.26. The number of fused-ring (bicyclic) bond motifs is 2. The van der Waals surface area contributed by atoms with Crippen molar-refractivity contribution in [2.75, 3.05) is 0 Å². The van der Waals surface area contributed by atoms with Crippen LogP contribution >= 0.6 is 7.57 Å². The Morgan fingerprint density at radius 1 is 1.00 bits per heavy atom. The van der Waals surface area contributed by atoms with E-state index in [0.29, 0.717) is 5.29 Å². The number of hydrogen-bond acceptors (Lipinski definition) is 3.